The number of rotatable bonds is 2. The van der Waals surface area contributed by atoms with Crippen molar-refractivity contribution in [3.63, 3.8) is 0 Å². The molecule has 0 unspecified atom stereocenters. The van der Waals surface area contributed by atoms with Crippen LogP contribution < -0.4 is 0 Å². The predicted molar refractivity (Wildman–Crippen MR) is 47.5 cm³/mol. The highest BCUT2D eigenvalue weighted by Gasteiger charge is 2.20. The van der Waals surface area contributed by atoms with Gasteiger partial charge in [0, 0.05) is 0 Å². The van der Waals surface area contributed by atoms with Crippen molar-refractivity contribution < 1.29 is 9.72 Å². The second-order valence-electron chi connectivity index (χ2n) is 2.41. The third-order valence-corrected chi connectivity index (χ3v) is 1.55. The van der Waals surface area contributed by atoms with Crippen LogP contribution in [0, 0.1) is 10.1 Å². The summed E-state index contributed by atoms with van der Waals surface area (Å²) in [5.74, 6) is -1.16. The maximum Gasteiger partial charge on any atom is 0.476 e. The zero-order valence-corrected chi connectivity index (χ0v) is 6.77. The van der Waals surface area contributed by atoms with E-state index < -0.39 is 10.8 Å². The van der Waals surface area contributed by atoms with Crippen molar-refractivity contribution in [2.75, 3.05) is 0 Å². The number of benzene rings is 1. The molecule has 0 aliphatic rings. The molecule has 0 aliphatic carbocycles. The highest BCUT2D eigenvalue weighted by atomic mass is 16.6. The summed E-state index contributed by atoms with van der Waals surface area (Å²) in [6.07, 6.45) is 0. The summed E-state index contributed by atoms with van der Waals surface area (Å²) in [5.41, 5.74) is 0.384. The minimum atomic E-state index is -1.16. The third kappa shape index (κ3) is 1.99. The van der Waals surface area contributed by atoms with Crippen LogP contribution in [-0.4, -0.2) is 10.8 Å². The summed E-state index contributed by atoms with van der Waals surface area (Å²) >= 11 is 0. The van der Waals surface area contributed by atoms with Gasteiger partial charge >= 0.3 is 5.91 Å². The Balaban J connectivity index is 2.93. The van der Waals surface area contributed by atoms with Crippen molar-refractivity contribution in [2.24, 2.45) is 0 Å². The summed E-state index contributed by atoms with van der Waals surface area (Å²) in [4.78, 5) is 20.0. The van der Waals surface area contributed by atoms with E-state index in [1.54, 1.807) is 30.3 Å². The predicted octanol–water partition coefficient (Wildman–Crippen LogP) is 1.50. The van der Waals surface area contributed by atoms with Crippen LogP contribution in [0.4, 0.5) is 0 Å². The first-order valence-electron chi connectivity index (χ1n) is 3.56. The van der Waals surface area contributed by atoms with E-state index in [1.165, 1.54) is 0 Å². The fraction of sp³-hybridized carbons (Fsp3) is 0. The van der Waals surface area contributed by atoms with Gasteiger partial charge < -0.3 is 0 Å². The van der Waals surface area contributed by atoms with Gasteiger partial charge in [0.15, 0.2) is 0 Å². The molecule has 0 N–H and O–H groups in total. The molecule has 0 aromatic heterocycles. The standard InChI is InChI=1S/C9H7NO3/c1-7(9(11)10(12)13)8-5-3-2-4-6-8/h2-6H,1H2. The average Bonchev–Trinajstić information content (AvgIpc) is 2.17. The topological polar surface area (TPSA) is 60.2 Å². The first-order chi connectivity index (χ1) is 6.13. The van der Waals surface area contributed by atoms with Gasteiger partial charge in [-0.25, -0.2) is 4.79 Å². The molecule has 66 valence electrons. The van der Waals surface area contributed by atoms with Gasteiger partial charge in [0.2, 0.25) is 0 Å². The van der Waals surface area contributed by atoms with Crippen molar-refractivity contribution in [3.05, 3.63) is 52.6 Å². The minimum Gasteiger partial charge on any atom is -0.255 e. The molecule has 4 nitrogen and oxygen atoms in total. The van der Waals surface area contributed by atoms with Crippen LogP contribution in [0.25, 0.3) is 5.57 Å². The van der Waals surface area contributed by atoms with Crippen LogP contribution in [0.1, 0.15) is 5.56 Å². The van der Waals surface area contributed by atoms with Crippen LogP contribution in [0.3, 0.4) is 0 Å². The summed E-state index contributed by atoms with van der Waals surface area (Å²) in [6.45, 7) is 3.35. The number of nitrogens with zero attached hydrogens (tertiary/aromatic N) is 1. The number of carbonyl (C=O) groups excluding carboxylic acids is 1. The van der Waals surface area contributed by atoms with Crippen LogP contribution in [-0.2, 0) is 4.79 Å². The Morgan fingerprint density at radius 2 is 1.85 bits per heavy atom. The summed E-state index contributed by atoms with van der Waals surface area (Å²) in [7, 11) is 0. The molecule has 1 rings (SSSR count). The highest BCUT2D eigenvalue weighted by Crippen LogP contribution is 2.12. The smallest absolute Gasteiger partial charge is 0.255 e. The van der Waals surface area contributed by atoms with E-state index in [0.717, 1.165) is 0 Å². The Bertz CT molecular complexity index is 356. The van der Waals surface area contributed by atoms with E-state index in [4.69, 9.17) is 0 Å². The van der Waals surface area contributed by atoms with Crippen molar-refractivity contribution in [2.45, 2.75) is 0 Å². The molecule has 0 fully saturated rings. The monoisotopic (exact) mass is 177 g/mol. The summed E-state index contributed by atoms with van der Waals surface area (Å²) in [5, 5.41) is 10.1. The molecule has 0 bridgehead atoms. The van der Waals surface area contributed by atoms with Gasteiger partial charge in [-0.2, -0.15) is 0 Å². The van der Waals surface area contributed by atoms with Crippen molar-refractivity contribution in [1.82, 2.24) is 0 Å². The quantitative estimate of drug-likeness (QED) is 0.390. The fourth-order valence-corrected chi connectivity index (χ4v) is 0.873. The molecular weight excluding hydrogens is 170 g/mol. The van der Waals surface area contributed by atoms with E-state index >= 15 is 0 Å². The molecule has 0 saturated heterocycles. The normalized spacial score (nSPS) is 9.23. The number of hydrogen-bond donors (Lipinski definition) is 0. The average molecular weight is 177 g/mol. The van der Waals surface area contributed by atoms with Crippen LogP contribution in [0.5, 0.6) is 0 Å². The third-order valence-electron chi connectivity index (χ3n) is 1.55. The lowest BCUT2D eigenvalue weighted by molar-refractivity contribution is -0.394. The molecule has 1 amide bonds. The van der Waals surface area contributed by atoms with E-state index in [2.05, 4.69) is 6.58 Å². The first-order valence-corrected chi connectivity index (χ1v) is 3.56. The maximum atomic E-state index is 10.8. The minimum absolute atomic E-state index is 0.0920. The lowest BCUT2D eigenvalue weighted by Gasteiger charge is -1.96. The van der Waals surface area contributed by atoms with Crippen molar-refractivity contribution >= 4 is 11.5 Å². The molecule has 0 aliphatic heterocycles. The number of nitro groups is 1. The highest BCUT2D eigenvalue weighted by molar-refractivity contribution is 6.14. The van der Waals surface area contributed by atoms with Gasteiger partial charge in [0.25, 0.3) is 0 Å². The zero-order valence-electron chi connectivity index (χ0n) is 6.77. The van der Waals surface area contributed by atoms with E-state index in [9.17, 15) is 14.9 Å². The molecular formula is C9H7NO3. The Morgan fingerprint density at radius 1 is 1.31 bits per heavy atom. The Morgan fingerprint density at radius 3 is 2.31 bits per heavy atom. The lowest BCUT2D eigenvalue weighted by Crippen LogP contribution is -2.12. The number of carbonyl (C=O) groups is 1. The molecule has 1 aromatic rings. The van der Waals surface area contributed by atoms with Crippen molar-refractivity contribution in [3.8, 4) is 0 Å². The molecule has 13 heavy (non-hydrogen) atoms. The molecule has 0 saturated carbocycles. The molecule has 4 heteroatoms. The number of amides is 1. The first kappa shape index (κ1) is 9.12. The van der Waals surface area contributed by atoms with Crippen LogP contribution >= 0.6 is 0 Å². The van der Waals surface area contributed by atoms with Gasteiger partial charge in [-0.3, -0.25) is 10.1 Å². The van der Waals surface area contributed by atoms with Gasteiger partial charge in [0.1, 0.15) is 4.92 Å². The summed E-state index contributed by atoms with van der Waals surface area (Å²) < 4.78 is 0. The molecule has 0 heterocycles. The Kier molecular flexibility index (Phi) is 2.54. The maximum absolute atomic E-state index is 10.8. The second-order valence-corrected chi connectivity index (χ2v) is 2.41. The molecule has 0 spiro atoms. The Hall–Kier alpha value is -1.97. The van der Waals surface area contributed by atoms with Crippen LogP contribution in [0.2, 0.25) is 0 Å². The Labute approximate surface area is 74.7 Å². The lowest BCUT2D eigenvalue weighted by atomic mass is 10.1. The second kappa shape index (κ2) is 3.62. The van der Waals surface area contributed by atoms with Crippen molar-refractivity contribution in [1.29, 1.82) is 0 Å². The molecule has 1 aromatic carbocycles. The molecule has 0 atom stereocenters. The van der Waals surface area contributed by atoms with E-state index in [0.29, 0.717) is 5.56 Å². The van der Waals surface area contributed by atoms with Crippen LogP contribution in [0.15, 0.2) is 36.9 Å². The van der Waals surface area contributed by atoms with Gasteiger partial charge in [0.05, 0.1) is 5.57 Å². The van der Waals surface area contributed by atoms with Gasteiger partial charge in [-0.1, -0.05) is 36.9 Å². The number of hydrogen-bond acceptors (Lipinski definition) is 3. The fourth-order valence-electron chi connectivity index (χ4n) is 0.873. The zero-order chi connectivity index (χ0) is 9.84. The van der Waals surface area contributed by atoms with E-state index in [-0.39, 0.29) is 5.57 Å². The largest absolute Gasteiger partial charge is 0.476 e. The van der Waals surface area contributed by atoms with E-state index in [1.807, 2.05) is 0 Å². The SMILES string of the molecule is C=C(C(=O)[N+](=O)[O-])c1ccccc1. The van der Waals surface area contributed by atoms with Gasteiger partial charge in [-0.05, 0) is 5.56 Å². The van der Waals surface area contributed by atoms with Gasteiger partial charge in [-0.15, -0.1) is 0 Å². The summed E-state index contributed by atoms with van der Waals surface area (Å²) in [6, 6.07) is 8.34. The molecule has 0 radical (unpaired) electrons.